The third-order valence-electron chi connectivity index (χ3n) is 2.46. The van der Waals surface area contributed by atoms with Crippen molar-refractivity contribution < 1.29 is 14.1 Å². The zero-order valence-corrected chi connectivity index (χ0v) is 12.7. The fraction of sp³-hybridized carbons (Fsp3) is 0.286. The lowest BCUT2D eigenvalue weighted by Crippen LogP contribution is -2.27. The van der Waals surface area contributed by atoms with E-state index in [2.05, 4.69) is 10.5 Å². The van der Waals surface area contributed by atoms with Crippen LogP contribution < -0.4 is 11.1 Å². The number of nitrogens with zero attached hydrogens (tertiary/aromatic N) is 1. The molecule has 1 aromatic heterocycles. The monoisotopic (exact) mass is 309 g/mol. The van der Waals surface area contributed by atoms with Crippen LogP contribution in [0.1, 0.15) is 20.8 Å². The SMILES string of the molecule is CC(C)(C)OC(=O)Nc1ccc(-c2oncc2N)cc1Cl. The molecule has 112 valence electrons. The first-order valence-corrected chi connectivity index (χ1v) is 6.64. The van der Waals surface area contributed by atoms with Gasteiger partial charge in [-0.05, 0) is 39.0 Å². The largest absolute Gasteiger partial charge is 0.444 e. The van der Waals surface area contributed by atoms with Crippen LogP contribution in [-0.2, 0) is 4.74 Å². The van der Waals surface area contributed by atoms with Crippen molar-refractivity contribution >= 4 is 29.1 Å². The smallest absolute Gasteiger partial charge is 0.412 e. The molecule has 0 aliphatic heterocycles. The van der Waals surface area contributed by atoms with E-state index in [0.717, 1.165) is 0 Å². The molecule has 0 saturated carbocycles. The Kier molecular flexibility index (Phi) is 4.09. The van der Waals surface area contributed by atoms with Crippen LogP contribution in [-0.4, -0.2) is 16.9 Å². The number of ether oxygens (including phenoxy) is 1. The Hall–Kier alpha value is -2.21. The van der Waals surface area contributed by atoms with Gasteiger partial charge in [-0.2, -0.15) is 0 Å². The van der Waals surface area contributed by atoms with Gasteiger partial charge in [0.1, 0.15) is 11.3 Å². The van der Waals surface area contributed by atoms with E-state index in [1.165, 1.54) is 6.20 Å². The fourth-order valence-electron chi connectivity index (χ4n) is 1.64. The summed E-state index contributed by atoms with van der Waals surface area (Å²) in [5.74, 6) is 0.431. The van der Waals surface area contributed by atoms with Gasteiger partial charge in [0, 0.05) is 5.56 Å². The Morgan fingerprint density at radius 3 is 2.67 bits per heavy atom. The Morgan fingerprint density at radius 2 is 2.14 bits per heavy atom. The van der Waals surface area contributed by atoms with Gasteiger partial charge in [0.25, 0.3) is 0 Å². The predicted octanol–water partition coefficient (Wildman–Crippen LogP) is 3.92. The number of hydrogen-bond donors (Lipinski definition) is 2. The lowest BCUT2D eigenvalue weighted by atomic mass is 10.1. The number of halogens is 1. The Morgan fingerprint density at radius 1 is 1.43 bits per heavy atom. The molecule has 1 heterocycles. The van der Waals surface area contributed by atoms with Crippen molar-refractivity contribution in [1.29, 1.82) is 0 Å². The summed E-state index contributed by atoms with van der Waals surface area (Å²) in [7, 11) is 0. The zero-order chi connectivity index (χ0) is 15.6. The molecular formula is C14H16ClN3O3. The van der Waals surface area contributed by atoms with E-state index in [4.69, 9.17) is 26.6 Å². The van der Waals surface area contributed by atoms with Gasteiger partial charge in [-0.3, -0.25) is 5.32 Å². The van der Waals surface area contributed by atoms with Crippen LogP contribution in [0.2, 0.25) is 5.02 Å². The highest BCUT2D eigenvalue weighted by Gasteiger charge is 2.17. The van der Waals surface area contributed by atoms with Gasteiger partial charge in [0.15, 0.2) is 5.76 Å². The van der Waals surface area contributed by atoms with Gasteiger partial charge in [-0.15, -0.1) is 0 Å². The molecular weight excluding hydrogens is 294 g/mol. The molecule has 1 aromatic carbocycles. The van der Waals surface area contributed by atoms with E-state index in [-0.39, 0.29) is 0 Å². The summed E-state index contributed by atoms with van der Waals surface area (Å²) in [5, 5.41) is 6.53. The van der Waals surface area contributed by atoms with Gasteiger partial charge in [-0.25, -0.2) is 4.79 Å². The molecule has 6 nitrogen and oxygen atoms in total. The fourth-order valence-corrected chi connectivity index (χ4v) is 1.87. The molecule has 0 unspecified atom stereocenters. The van der Waals surface area contributed by atoms with Gasteiger partial charge in [0.2, 0.25) is 0 Å². The Labute approximate surface area is 127 Å². The van der Waals surface area contributed by atoms with E-state index in [9.17, 15) is 4.79 Å². The molecule has 2 rings (SSSR count). The molecule has 0 spiro atoms. The predicted molar refractivity (Wildman–Crippen MR) is 81.2 cm³/mol. The molecule has 21 heavy (non-hydrogen) atoms. The number of amides is 1. The molecule has 0 atom stereocenters. The minimum atomic E-state index is -0.579. The molecule has 0 aliphatic rings. The topological polar surface area (TPSA) is 90.4 Å². The Balaban J connectivity index is 2.17. The third-order valence-corrected chi connectivity index (χ3v) is 2.78. The van der Waals surface area contributed by atoms with Gasteiger partial charge < -0.3 is 15.0 Å². The number of nitrogens with two attached hydrogens (primary N) is 1. The molecule has 7 heteroatoms. The minimum Gasteiger partial charge on any atom is -0.444 e. The van der Waals surface area contributed by atoms with Gasteiger partial charge in [-0.1, -0.05) is 16.8 Å². The van der Waals surface area contributed by atoms with Crippen LogP contribution >= 0.6 is 11.6 Å². The van der Waals surface area contributed by atoms with E-state index in [0.29, 0.717) is 27.7 Å². The van der Waals surface area contributed by atoms with Crippen molar-refractivity contribution in [3.63, 3.8) is 0 Å². The van der Waals surface area contributed by atoms with E-state index < -0.39 is 11.7 Å². The van der Waals surface area contributed by atoms with Crippen LogP contribution in [0.25, 0.3) is 11.3 Å². The molecule has 0 radical (unpaired) electrons. The summed E-state index contributed by atoms with van der Waals surface area (Å²) in [4.78, 5) is 11.7. The summed E-state index contributed by atoms with van der Waals surface area (Å²) in [5.41, 5.74) is 6.67. The minimum absolute atomic E-state index is 0.342. The summed E-state index contributed by atoms with van der Waals surface area (Å²) >= 11 is 6.14. The number of rotatable bonds is 2. The van der Waals surface area contributed by atoms with Crippen LogP contribution in [0.15, 0.2) is 28.9 Å². The molecule has 0 bridgehead atoms. The van der Waals surface area contributed by atoms with Crippen molar-refractivity contribution in [2.75, 3.05) is 11.1 Å². The number of carbonyl (C=O) groups is 1. The lowest BCUT2D eigenvalue weighted by molar-refractivity contribution is 0.0636. The van der Waals surface area contributed by atoms with E-state index >= 15 is 0 Å². The number of anilines is 2. The third kappa shape index (κ3) is 3.88. The molecule has 1 amide bonds. The average molecular weight is 310 g/mol. The lowest BCUT2D eigenvalue weighted by Gasteiger charge is -2.20. The van der Waals surface area contributed by atoms with Gasteiger partial charge >= 0.3 is 6.09 Å². The van der Waals surface area contributed by atoms with Crippen LogP contribution in [0, 0.1) is 0 Å². The second kappa shape index (κ2) is 5.65. The molecule has 0 saturated heterocycles. The van der Waals surface area contributed by atoms with Crippen molar-refractivity contribution in [1.82, 2.24) is 5.16 Å². The second-order valence-corrected chi connectivity index (χ2v) is 5.84. The maximum Gasteiger partial charge on any atom is 0.412 e. The highest BCUT2D eigenvalue weighted by atomic mass is 35.5. The maximum absolute atomic E-state index is 11.7. The normalized spacial score (nSPS) is 11.2. The molecule has 0 fully saturated rings. The molecule has 3 N–H and O–H groups in total. The van der Waals surface area contributed by atoms with E-state index in [1.807, 2.05) is 0 Å². The quantitative estimate of drug-likeness (QED) is 0.877. The summed E-state index contributed by atoms with van der Waals surface area (Å²) in [6.45, 7) is 5.35. The van der Waals surface area contributed by atoms with Crippen molar-refractivity contribution in [2.45, 2.75) is 26.4 Å². The van der Waals surface area contributed by atoms with Gasteiger partial charge in [0.05, 0.1) is 16.9 Å². The summed E-state index contributed by atoms with van der Waals surface area (Å²) in [6, 6.07) is 4.99. The highest BCUT2D eigenvalue weighted by molar-refractivity contribution is 6.34. The number of benzene rings is 1. The summed E-state index contributed by atoms with van der Waals surface area (Å²) < 4.78 is 10.2. The van der Waals surface area contributed by atoms with Crippen molar-refractivity contribution in [2.24, 2.45) is 0 Å². The first-order valence-electron chi connectivity index (χ1n) is 6.26. The first-order chi connectivity index (χ1) is 9.76. The highest BCUT2D eigenvalue weighted by Crippen LogP contribution is 2.31. The van der Waals surface area contributed by atoms with Crippen molar-refractivity contribution in [3.8, 4) is 11.3 Å². The standard InChI is InChI=1S/C14H16ClN3O3/c1-14(2,3)20-13(19)18-11-5-4-8(6-9(11)15)12-10(16)7-17-21-12/h4-7H,16H2,1-3H3,(H,18,19). The number of carbonyl (C=O) groups excluding carboxylic acids is 1. The number of nitrogens with one attached hydrogen (secondary N) is 1. The van der Waals surface area contributed by atoms with Crippen LogP contribution in [0.5, 0.6) is 0 Å². The maximum atomic E-state index is 11.7. The zero-order valence-electron chi connectivity index (χ0n) is 11.9. The average Bonchev–Trinajstić information content (AvgIpc) is 2.76. The Bertz CT molecular complexity index is 662. The van der Waals surface area contributed by atoms with Crippen LogP contribution in [0.4, 0.5) is 16.2 Å². The molecule has 2 aromatic rings. The van der Waals surface area contributed by atoms with Crippen molar-refractivity contribution in [3.05, 3.63) is 29.4 Å². The number of nitrogen functional groups attached to an aromatic ring is 1. The number of aromatic nitrogens is 1. The second-order valence-electron chi connectivity index (χ2n) is 5.43. The van der Waals surface area contributed by atoms with E-state index in [1.54, 1.807) is 39.0 Å². The summed E-state index contributed by atoms with van der Waals surface area (Å²) in [6.07, 6.45) is 0.840. The number of hydrogen-bond acceptors (Lipinski definition) is 5. The van der Waals surface area contributed by atoms with Crippen LogP contribution in [0.3, 0.4) is 0 Å². The molecule has 0 aliphatic carbocycles. The first kappa shape index (κ1) is 15.2.